The zero-order valence-electron chi connectivity index (χ0n) is 8.23. The van der Waals surface area contributed by atoms with Crippen LogP contribution in [-0.4, -0.2) is 16.9 Å². The summed E-state index contributed by atoms with van der Waals surface area (Å²) >= 11 is 0. The first-order chi connectivity index (χ1) is 7.13. The van der Waals surface area contributed by atoms with Gasteiger partial charge in [-0.2, -0.15) is 0 Å². The summed E-state index contributed by atoms with van der Waals surface area (Å²) in [6.45, 7) is 1.45. The molecule has 0 aliphatic rings. The van der Waals surface area contributed by atoms with E-state index in [0.29, 0.717) is 5.56 Å². The number of nitrogens with one attached hydrogen (secondary N) is 1. The monoisotopic (exact) mass is 205 g/mol. The van der Waals surface area contributed by atoms with Crippen molar-refractivity contribution in [3.05, 3.63) is 41.5 Å². The molecule has 0 spiro atoms. The van der Waals surface area contributed by atoms with Gasteiger partial charge in [0.25, 0.3) is 5.91 Å². The van der Waals surface area contributed by atoms with Crippen molar-refractivity contribution in [1.82, 2.24) is 5.48 Å². The largest absolute Gasteiger partial charge is 0.295 e. The fourth-order valence-electron chi connectivity index (χ4n) is 1.06. The van der Waals surface area contributed by atoms with E-state index in [9.17, 15) is 9.59 Å². The van der Waals surface area contributed by atoms with Gasteiger partial charge in [-0.05, 0) is 30.7 Å². The van der Waals surface area contributed by atoms with E-state index in [1.807, 2.05) is 0 Å². The predicted octanol–water partition coefficient (Wildman–Crippen LogP) is 1.41. The average Bonchev–Trinajstić information content (AvgIpc) is 2.25. The van der Waals surface area contributed by atoms with E-state index in [1.54, 1.807) is 35.8 Å². The first kappa shape index (κ1) is 11.1. The van der Waals surface area contributed by atoms with E-state index in [2.05, 4.69) is 0 Å². The van der Waals surface area contributed by atoms with Crippen LogP contribution in [0.5, 0.6) is 0 Å². The summed E-state index contributed by atoms with van der Waals surface area (Å²) in [5.74, 6) is -0.639. The van der Waals surface area contributed by atoms with Crippen molar-refractivity contribution >= 4 is 17.8 Å². The third kappa shape index (κ3) is 3.36. The molecule has 1 rings (SSSR count). The predicted molar refractivity (Wildman–Crippen MR) is 55.4 cm³/mol. The summed E-state index contributed by atoms with van der Waals surface area (Å²) < 4.78 is 0. The van der Waals surface area contributed by atoms with Crippen molar-refractivity contribution in [3.63, 3.8) is 0 Å². The summed E-state index contributed by atoms with van der Waals surface area (Å²) in [7, 11) is 0. The Morgan fingerprint density at radius 1 is 1.40 bits per heavy atom. The Hall–Kier alpha value is -1.94. The smallest absolute Gasteiger partial charge is 0.274 e. The van der Waals surface area contributed by atoms with Crippen LogP contribution in [0.4, 0.5) is 0 Å². The molecule has 1 amide bonds. The second kappa shape index (κ2) is 5.07. The highest BCUT2D eigenvalue weighted by Gasteiger charge is 2.02. The summed E-state index contributed by atoms with van der Waals surface area (Å²) in [6, 6.07) is 6.57. The molecular formula is C11H11NO3. The molecule has 0 atom stereocenters. The van der Waals surface area contributed by atoms with Gasteiger partial charge < -0.3 is 0 Å². The SMILES string of the molecule is CC(=O)C=Cc1cccc(C(=O)NO)c1. The number of hydrogen-bond acceptors (Lipinski definition) is 3. The van der Waals surface area contributed by atoms with Crippen LogP contribution in [0.25, 0.3) is 6.08 Å². The molecule has 1 aromatic carbocycles. The van der Waals surface area contributed by atoms with Crippen LogP contribution in [0.1, 0.15) is 22.8 Å². The molecule has 78 valence electrons. The summed E-state index contributed by atoms with van der Waals surface area (Å²) in [6.07, 6.45) is 3.02. The number of hydrogen-bond donors (Lipinski definition) is 2. The summed E-state index contributed by atoms with van der Waals surface area (Å²) in [4.78, 5) is 21.7. The van der Waals surface area contributed by atoms with Gasteiger partial charge in [-0.1, -0.05) is 18.2 Å². The molecule has 1 aromatic rings. The Morgan fingerprint density at radius 2 is 2.13 bits per heavy atom. The van der Waals surface area contributed by atoms with Crippen LogP contribution in [-0.2, 0) is 4.79 Å². The van der Waals surface area contributed by atoms with E-state index >= 15 is 0 Å². The maximum Gasteiger partial charge on any atom is 0.274 e. The molecular weight excluding hydrogens is 194 g/mol. The van der Waals surface area contributed by atoms with E-state index < -0.39 is 5.91 Å². The number of carbonyl (C=O) groups is 2. The van der Waals surface area contributed by atoms with Gasteiger partial charge in [0.05, 0.1) is 0 Å². The minimum Gasteiger partial charge on any atom is -0.295 e. The van der Waals surface area contributed by atoms with Gasteiger partial charge in [0, 0.05) is 5.56 Å². The zero-order chi connectivity index (χ0) is 11.3. The highest BCUT2D eigenvalue weighted by molar-refractivity contribution is 5.95. The van der Waals surface area contributed by atoms with Crippen LogP contribution in [0.3, 0.4) is 0 Å². The van der Waals surface area contributed by atoms with Gasteiger partial charge in [-0.3, -0.25) is 14.8 Å². The van der Waals surface area contributed by atoms with Crippen LogP contribution in [0.2, 0.25) is 0 Å². The highest BCUT2D eigenvalue weighted by atomic mass is 16.5. The minimum absolute atomic E-state index is 0.0630. The molecule has 4 nitrogen and oxygen atoms in total. The molecule has 0 fully saturated rings. The lowest BCUT2D eigenvalue weighted by Crippen LogP contribution is -2.18. The Balaban J connectivity index is 2.92. The maximum atomic E-state index is 11.1. The second-order valence-electron chi connectivity index (χ2n) is 3.01. The van der Waals surface area contributed by atoms with Gasteiger partial charge in [-0.25, -0.2) is 5.48 Å². The maximum absolute atomic E-state index is 11.1. The fourth-order valence-corrected chi connectivity index (χ4v) is 1.06. The molecule has 0 aliphatic carbocycles. The normalized spacial score (nSPS) is 10.3. The molecule has 0 radical (unpaired) electrons. The first-order valence-electron chi connectivity index (χ1n) is 4.36. The van der Waals surface area contributed by atoms with Crippen molar-refractivity contribution in [2.24, 2.45) is 0 Å². The second-order valence-corrected chi connectivity index (χ2v) is 3.01. The number of rotatable bonds is 3. The van der Waals surface area contributed by atoms with Crippen LogP contribution >= 0.6 is 0 Å². The molecule has 0 heterocycles. The van der Waals surface area contributed by atoms with Crippen LogP contribution in [0.15, 0.2) is 30.3 Å². The highest BCUT2D eigenvalue weighted by Crippen LogP contribution is 2.07. The molecule has 2 N–H and O–H groups in total. The van der Waals surface area contributed by atoms with E-state index in [4.69, 9.17) is 5.21 Å². The number of allylic oxidation sites excluding steroid dienone is 1. The number of carbonyl (C=O) groups excluding carboxylic acids is 2. The van der Waals surface area contributed by atoms with Gasteiger partial charge in [-0.15, -0.1) is 0 Å². The minimum atomic E-state index is -0.576. The number of amides is 1. The summed E-state index contributed by atoms with van der Waals surface area (Å²) in [5, 5.41) is 8.43. The number of benzene rings is 1. The molecule has 0 saturated carbocycles. The number of hydroxylamine groups is 1. The van der Waals surface area contributed by atoms with Crippen LogP contribution < -0.4 is 5.48 Å². The standard InChI is InChI=1S/C11H11NO3/c1-8(13)5-6-9-3-2-4-10(7-9)11(14)12-15/h2-7,15H,1H3,(H,12,14). The third-order valence-electron chi connectivity index (χ3n) is 1.76. The number of ketones is 1. The molecule has 4 heteroatoms. The van der Waals surface area contributed by atoms with Crippen molar-refractivity contribution in [3.8, 4) is 0 Å². The van der Waals surface area contributed by atoms with Crippen molar-refractivity contribution < 1.29 is 14.8 Å². The van der Waals surface area contributed by atoms with Gasteiger partial charge in [0.2, 0.25) is 0 Å². The fraction of sp³-hybridized carbons (Fsp3) is 0.0909. The average molecular weight is 205 g/mol. The van der Waals surface area contributed by atoms with Crippen molar-refractivity contribution in [2.45, 2.75) is 6.92 Å². The molecule has 0 aliphatic heterocycles. The third-order valence-corrected chi connectivity index (χ3v) is 1.76. The van der Waals surface area contributed by atoms with Gasteiger partial charge in [0.1, 0.15) is 0 Å². The van der Waals surface area contributed by atoms with Gasteiger partial charge in [0.15, 0.2) is 5.78 Å². The van der Waals surface area contributed by atoms with E-state index in [0.717, 1.165) is 5.56 Å². The van der Waals surface area contributed by atoms with Crippen LogP contribution in [0, 0.1) is 0 Å². The molecule has 0 unspecified atom stereocenters. The van der Waals surface area contributed by atoms with E-state index in [1.165, 1.54) is 13.0 Å². The quantitative estimate of drug-likeness (QED) is 0.445. The lowest BCUT2D eigenvalue weighted by Gasteiger charge is -1.99. The Labute approximate surface area is 87.2 Å². The van der Waals surface area contributed by atoms with Crippen molar-refractivity contribution in [1.29, 1.82) is 0 Å². The molecule has 0 aromatic heterocycles. The zero-order valence-corrected chi connectivity index (χ0v) is 8.23. The lowest BCUT2D eigenvalue weighted by atomic mass is 10.1. The molecule has 0 bridgehead atoms. The Kier molecular flexibility index (Phi) is 3.76. The molecule has 0 saturated heterocycles. The Morgan fingerprint density at radius 3 is 2.73 bits per heavy atom. The molecule has 15 heavy (non-hydrogen) atoms. The summed E-state index contributed by atoms with van der Waals surface area (Å²) in [5.41, 5.74) is 2.61. The first-order valence-corrected chi connectivity index (χ1v) is 4.36. The van der Waals surface area contributed by atoms with Gasteiger partial charge >= 0.3 is 0 Å². The topological polar surface area (TPSA) is 66.4 Å². The lowest BCUT2D eigenvalue weighted by molar-refractivity contribution is -0.112. The van der Waals surface area contributed by atoms with Crippen molar-refractivity contribution in [2.75, 3.05) is 0 Å². The Bertz CT molecular complexity index is 410. The van der Waals surface area contributed by atoms with E-state index in [-0.39, 0.29) is 5.78 Å².